The van der Waals surface area contributed by atoms with Gasteiger partial charge in [0, 0.05) is 72.8 Å². The zero-order chi connectivity index (χ0) is 43.1. The first kappa shape index (κ1) is 44.5. The van der Waals surface area contributed by atoms with Crippen molar-refractivity contribution in [1.82, 2.24) is 24.3 Å². The normalized spacial score (nSPS) is 13.5. The second-order valence-electron chi connectivity index (χ2n) is 18.3. The summed E-state index contributed by atoms with van der Waals surface area (Å²) in [6.07, 6.45) is 9.69. The first-order valence-electron chi connectivity index (χ1n) is 21.2. The average Bonchev–Trinajstić information content (AvgIpc) is 3.92. The van der Waals surface area contributed by atoms with Crippen LogP contribution in [0.1, 0.15) is 88.0 Å². The molecule has 7 aromatic rings. The molecule has 0 saturated heterocycles. The van der Waals surface area contributed by atoms with Crippen LogP contribution in [0.15, 0.2) is 97.6 Å². The molecule has 9 rings (SSSR count). The van der Waals surface area contributed by atoms with Gasteiger partial charge in [-0.1, -0.05) is 69.2 Å². The molecule has 9 nitrogen and oxygen atoms in total. The second kappa shape index (κ2) is 18.0. The smallest absolute Gasteiger partial charge is 0.124 e. The third kappa shape index (κ3) is 9.28. The second-order valence-corrected chi connectivity index (χ2v) is 18.3. The zero-order valence-electron chi connectivity index (χ0n) is 37.6. The number of aromatic nitrogens is 5. The number of nitrogens with zero attached hydrogens (tertiary/aromatic N) is 9. The van der Waals surface area contributed by atoms with Crippen LogP contribution >= 0.6 is 0 Å². The van der Waals surface area contributed by atoms with Crippen LogP contribution in [-0.2, 0) is 30.9 Å². The fraction of sp³-hybridized carbons (Fsp3) is 0.308. The number of pyridine rings is 2. The van der Waals surface area contributed by atoms with E-state index in [1.807, 2.05) is 61.2 Å². The number of fused-ring (bicyclic) bond motifs is 3. The predicted octanol–water partition coefficient (Wildman–Crippen LogP) is 11.7. The predicted molar refractivity (Wildman–Crippen MR) is 249 cm³/mol. The van der Waals surface area contributed by atoms with Crippen molar-refractivity contribution in [2.24, 2.45) is 0 Å². The average molecular weight is 999 g/mol. The molecule has 0 spiro atoms. The molecule has 6 heterocycles. The van der Waals surface area contributed by atoms with Gasteiger partial charge >= 0.3 is 0 Å². The number of hydrogen-bond acceptors (Lipinski definition) is 8. The van der Waals surface area contributed by atoms with E-state index < -0.39 is 0 Å². The van der Waals surface area contributed by atoms with Gasteiger partial charge in [0.2, 0.25) is 0 Å². The molecule has 3 aromatic carbocycles. The summed E-state index contributed by atoms with van der Waals surface area (Å²) in [5.41, 5.74) is 14.2. The summed E-state index contributed by atoms with van der Waals surface area (Å²) in [4.78, 5) is 27.9. The Hall–Kier alpha value is -5.57. The van der Waals surface area contributed by atoms with E-state index in [4.69, 9.17) is 15.0 Å². The number of aryl methyl sites for hydroxylation is 4. The molecule has 0 amide bonds. The number of benzene rings is 3. The van der Waals surface area contributed by atoms with Crippen LogP contribution in [0.5, 0.6) is 0 Å². The van der Waals surface area contributed by atoms with E-state index in [2.05, 4.69) is 166 Å². The van der Waals surface area contributed by atoms with E-state index in [-0.39, 0.29) is 30.9 Å². The molecule has 1 radical (unpaired) electrons. The van der Waals surface area contributed by atoms with E-state index in [0.29, 0.717) is 0 Å². The van der Waals surface area contributed by atoms with Crippen molar-refractivity contribution in [3.63, 3.8) is 0 Å². The minimum Gasteiger partial charge on any atom is -0.500 e. The number of imidazole rings is 1. The van der Waals surface area contributed by atoms with Crippen molar-refractivity contribution < 1.29 is 20.1 Å². The number of hydrogen-bond donors (Lipinski definition) is 0. The monoisotopic (exact) mass is 999 g/mol. The molecule has 323 valence electrons. The van der Waals surface area contributed by atoms with E-state index in [1.165, 1.54) is 16.8 Å². The molecule has 2 aliphatic rings. The van der Waals surface area contributed by atoms with Gasteiger partial charge in [0.15, 0.2) is 0 Å². The topological polar surface area (TPSA) is 68.9 Å². The summed E-state index contributed by atoms with van der Waals surface area (Å²) in [6.45, 7) is 28.0. The van der Waals surface area contributed by atoms with Crippen molar-refractivity contribution in [1.29, 1.82) is 0 Å². The van der Waals surface area contributed by atoms with Gasteiger partial charge in [-0.2, -0.15) is 59.9 Å². The Morgan fingerprint density at radius 1 is 0.629 bits per heavy atom. The molecule has 0 N–H and O–H groups in total. The van der Waals surface area contributed by atoms with Crippen molar-refractivity contribution in [3.8, 4) is 11.3 Å². The van der Waals surface area contributed by atoms with Gasteiger partial charge in [0.1, 0.15) is 17.3 Å². The largest absolute Gasteiger partial charge is 0.500 e. The first-order chi connectivity index (χ1) is 29.2. The van der Waals surface area contributed by atoms with Crippen LogP contribution in [0.25, 0.3) is 16.9 Å². The molecule has 4 aromatic heterocycles. The van der Waals surface area contributed by atoms with Crippen molar-refractivity contribution in [2.45, 2.75) is 92.9 Å². The Morgan fingerprint density at radius 2 is 1.18 bits per heavy atom. The van der Waals surface area contributed by atoms with Gasteiger partial charge in [-0.15, -0.1) is 59.4 Å². The SMILES string of the molecule is CC(C)(C)c1nc2c(-c3[c-]cccc3)nccn2c1C(C)(C)C.Cc1[c-]c(N2[CH-]N(CCCCN3[CH-]N(c4[c-]c(C)cc(C)c4)c4ncccc43)c3cccnc32)cc(C)c1.[Ir]. The fourth-order valence-electron chi connectivity index (χ4n) is 8.34. The van der Waals surface area contributed by atoms with Crippen molar-refractivity contribution >= 4 is 40.0 Å². The Balaban J connectivity index is 0.000000207. The Labute approximate surface area is 382 Å². The van der Waals surface area contributed by atoms with Crippen molar-refractivity contribution in [3.05, 3.63) is 163 Å². The molecular formula is C52H56IrN9-5. The van der Waals surface area contributed by atoms with Gasteiger partial charge in [-0.05, 0) is 50.2 Å². The molecule has 0 atom stereocenters. The molecular weight excluding hydrogens is 943 g/mol. The van der Waals surface area contributed by atoms with E-state index >= 15 is 0 Å². The van der Waals surface area contributed by atoms with Gasteiger partial charge in [0.25, 0.3) is 0 Å². The van der Waals surface area contributed by atoms with Gasteiger partial charge in [0.05, 0.1) is 11.4 Å². The number of rotatable bonds is 8. The van der Waals surface area contributed by atoms with Crippen LogP contribution in [0.4, 0.5) is 34.4 Å². The van der Waals surface area contributed by atoms with Crippen molar-refractivity contribution in [2.75, 3.05) is 32.7 Å². The van der Waals surface area contributed by atoms with Crippen LogP contribution in [0, 0.1) is 59.2 Å². The van der Waals surface area contributed by atoms with Crippen LogP contribution in [0.3, 0.4) is 0 Å². The molecule has 0 unspecified atom stereocenters. The van der Waals surface area contributed by atoms with Crippen LogP contribution in [0.2, 0.25) is 0 Å². The Kier molecular flexibility index (Phi) is 12.9. The molecule has 0 bridgehead atoms. The summed E-state index contributed by atoms with van der Waals surface area (Å²) in [6, 6.07) is 35.1. The third-order valence-corrected chi connectivity index (χ3v) is 10.9. The first-order valence-corrected chi connectivity index (χ1v) is 21.2. The van der Waals surface area contributed by atoms with Gasteiger partial charge in [-0.25, -0.2) is 15.0 Å². The summed E-state index contributed by atoms with van der Waals surface area (Å²) < 4.78 is 2.20. The molecule has 10 heteroatoms. The molecule has 62 heavy (non-hydrogen) atoms. The molecule has 2 aliphatic heterocycles. The van der Waals surface area contributed by atoms with E-state index in [0.717, 1.165) is 94.0 Å². The Morgan fingerprint density at radius 3 is 1.65 bits per heavy atom. The van der Waals surface area contributed by atoms with Crippen LogP contribution in [-0.4, -0.2) is 37.4 Å². The molecule has 0 saturated carbocycles. The number of unbranched alkanes of at least 4 members (excludes halogenated alkanes) is 1. The summed E-state index contributed by atoms with van der Waals surface area (Å²) in [5.74, 6) is 1.92. The molecule has 0 aliphatic carbocycles. The van der Waals surface area contributed by atoms with E-state index in [9.17, 15) is 0 Å². The standard InChI is InChI=1S/C32H32N6.C20H24N3.Ir/c1-23-15-24(2)18-27(17-23)37-21-35(29-9-7-11-33-31(29)37)13-5-6-14-36-22-38(32-30(36)10-8-12-34-32)28-19-25(3)16-26(4)20-28;1-19(2,3)16-17(20(4,5)6)23-13-12-21-15(18(23)22-16)14-10-8-7-9-11-14;/h7-12,15-17,19,21-22H,5-6,13-14H2,1-4H3;7-10,12-13H,1-6H3;/q-4;-1;. The quantitative estimate of drug-likeness (QED) is 0.110. The van der Waals surface area contributed by atoms with Gasteiger partial charge < -0.3 is 24.0 Å². The maximum atomic E-state index is 5.01. The maximum absolute atomic E-state index is 5.01. The summed E-state index contributed by atoms with van der Waals surface area (Å²) in [7, 11) is 0. The maximum Gasteiger partial charge on any atom is 0.124 e. The van der Waals surface area contributed by atoms with Crippen LogP contribution < -0.4 is 19.6 Å². The Bertz CT molecular complexity index is 2510. The minimum absolute atomic E-state index is 0. The summed E-state index contributed by atoms with van der Waals surface area (Å²) in [5, 5.41) is 0. The summed E-state index contributed by atoms with van der Waals surface area (Å²) >= 11 is 0. The zero-order valence-corrected chi connectivity index (χ0v) is 40.0. The number of anilines is 6. The minimum atomic E-state index is -0.0215. The van der Waals surface area contributed by atoms with Gasteiger partial charge in [-0.3, -0.25) is 4.98 Å². The third-order valence-electron chi connectivity index (χ3n) is 10.9. The van der Waals surface area contributed by atoms with E-state index in [1.54, 1.807) is 0 Å². The molecule has 0 fully saturated rings. The fourth-order valence-corrected chi connectivity index (χ4v) is 8.34.